The van der Waals surface area contributed by atoms with E-state index in [4.69, 9.17) is 6.42 Å². The Kier molecular flexibility index (Phi) is 4.72. The lowest BCUT2D eigenvalue weighted by molar-refractivity contribution is -0.125. The molecule has 0 unspecified atom stereocenters. The van der Waals surface area contributed by atoms with Gasteiger partial charge in [0.15, 0.2) is 0 Å². The van der Waals surface area contributed by atoms with E-state index >= 15 is 0 Å². The van der Waals surface area contributed by atoms with E-state index in [1.807, 2.05) is 0 Å². The number of carbonyl (C=O) groups is 2. The molecule has 2 amide bonds. The molecule has 3 rings (SSSR count). The molecular formula is C20H16N2O4. The standard InChI is InChI=1S/C20H16N2O4/c1-2-14-9-13(5-8-18(14)24)11-17-20(26)21-16(19(25)22-17)10-12-3-6-15(23)7-4-12/h1,3-9,16,23-24H,10-11H2,(H,21,26)/t16-/m0/s1. The van der Waals surface area contributed by atoms with E-state index in [2.05, 4.69) is 16.2 Å². The Balaban J connectivity index is 1.75. The lowest BCUT2D eigenvalue weighted by atomic mass is 10.0. The molecule has 0 spiro atoms. The molecule has 1 aliphatic heterocycles. The first-order valence-corrected chi connectivity index (χ1v) is 7.95. The van der Waals surface area contributed by atoms with Crippen LogP contribution < -0.4 is 5.32 Å². The van der Waals surface area contributed by atoms with E-state index in [1.165, 1.54) is 18.2 Å². The van der Waals surface area contributed by atoms with Crippen LogP contribution in [-0.2, 0) is 22.4 Å². The van der Waals surface area contributed by atoms with Crippen LogP contribution in [-0.4, -0.2) is 33.8 Å². The minimum atomic E-state index is -0.739. The molecule has 6 nitrogen and oxygen atoms in total. The fraction of sp³-hybridized carbons (Fsp3) is 0.150. The van der Waals surface area contributed by atoms with E-state index in [0.29, 0.717) is 17.5 Å². The molecule has 0 aliphatic carbocycles. The monoisotopic (exact) mass is 348 g/mol. The summed E-state index contributed by atoms with van der Waals surface area (Å²) in [6.07, 6.45) is 5.74. The van der Waals surface area contributed by atoms with Crippen molar-refractivity contribution in [3.8, 4) is 23.8 Å². The highest BCUT2D eigenvalue weighted by Crippen LogP contribution is 2.19. The van der Waals surface area contributed by atoms with Crippen LogP contribution >= 0.6 is 0 Å². The molecule has 130 valence electrons. The summed E-state index contributed by atoms with van der Waals surface area (Å²) in [4.78, 5) is 28.5. The van der Waals surface area contributed by atoms with Crippen LogP contribution in [0, 0.1) is 12.3 Å². The Morgan fingerprint density at radius 3 is 2.46 bits per heavy atom. The number of phenolic OH excluding ortho intramolecular Hbond substituents is 2. The predicted octanol–water partition coefficient (Wildman–Crippen LogP) is 1.33. The number of hydrogen-bond acceptors (Lipinski definition) is 4. The topological polar surface area (TPSA) is 99.0 Å². The number of terminal acetylenes is 1. The van der Waals surface area contributed by atoms with E-state index in [-0.39, 0.29) is 23.6 Å². The highest BCUT2D eigenvalue weighted by molar-refractivity contribution is 6.42. The lowest BCUT2D eigenvalue weighted by Gasteiger charge is -2.21. The van der Waals surface area contributed by atoms with Gasteiger partial charge >= 0.3 is 0 Å². The molecule has 0 aromatic heterocycles. The van der Waals surface area contributed by atoms with Crippen molar-refractivity contribution in [3.63, 3.8) is 0 Å². The number of carbonyl (C=O) groups excluding carboxylic acids is 2. The number of hydrogen-bond donors (Lipinski definition) is 3. The molecule has 3 N–H and O–H groups in total. The minimum Gasteiger partial charge on any atom is -0.508 e. The second-order valence-corrected chi connectivity index (χ2v) is 5.97. The Morgan fingerprint density at radius 1 is 1.08 bits per heavy atom. The quantitative estimate of drug-likeness (QED) is 0.726. The molecule has 1 atom stereocenters. The van der Waals surface area contributed by atoms with Crippen molar-refractivity contribution in [1.82, 2.24) is 5.32 Å². The molecule has 2 aromatic carbocycles. The smallest absolute Gasteiger partial charge is 0.269 e. The van der Waals surface area contributed by atoms with E-state index in [0.717, 1.165) is 5.56 Å². The molecule has 26 heavy (non-hydrogen) atoms. The molecule has 0 fully saturated rings. The van der Waals surface area contributed by atoms with Gasteiger partial charge in [-0.2, -0.15) is 0 Å². The summed E-state index contributed by atoms with van der Waals surface area (Å²) in [7, 11) is 0. The largest absolute Gasteiger partial charge is 0.508 e. The third-order valence-corrected chi connectivity index (χ3v) is 4.07. The molecule has 2 aromatic rings. The molecular weight excluding hydrogens is 332 g/mol. The number of benzene rings is 2. The summed E-state index contributed by atoms with van der Waals surface area (Å²) in [6.45, 7) is 0. The second-order valence-electron chi connectivity index (χ2n) is 5.97. The van der Waals surface area contributed by atoms with E-state index in [1.54, 1.807) is 24.3 Å². The zero-order valence-corrected chi connectivity index (χ0v) is 13.8. The Morgan fingerprint density at radius 2 is 1.77 bits per heavy atom. The van der Waals surface area contributed by atoms with Crippen LogP contribution in [0.3, 0.4) is 0 Å². The second kappa shape index (κ2) is 7.11. The first-order valence-electron chi connectivity index (χ1n) is 7.95. The fourth-order valence-electron chi connectivity index (χ4n) is 2.69. The van der Waals surface area contributed by atoms with Gasteiger partial charge in [0.25, 0.3) is 11.8 Å². The Bertz CT molecular complexity index is 939. The Labute approximate surface area is 150 Å². The molecule has 0 bridgehead atoms. The number of aliphatic imine (C=N–C) groups is 1. The molecule has 0 saturated heterocycles. The molecule has 0 saturated carbocycles. The van der Waals surface area contributed by atoms with Gasteiger partial charge in [-0.25, -0.2) is 4.99 Å². The van der Waals surface area contributed by atoms with Gasteiger partial charge in [-0.15, -0.1) is 6.42 Å². The number of amides is 2. The summed E-state index contributed by atoms with van der Waals surface area (Å²) in [5.41, 5.74) is 1.90. The van der Waals surface area contributed by atoms with Crippen LogP contribution in [0.2, 0.25) is 0 Å². The number of rotatable bonds is 4. The number of nitrogens with one attached hydrogen (secondary N) is 1. The average molecular weight is 348 g/mol. The molecule has 6 heteroatoms. The zero-order chi connectivity index (χ0) is 18.7. The van der Waals surface area contributed by atoms with Crippen LogP contribution in [0.1, 0.15) is 16.7 Å². The third-order valence-electron chi connectivity index (χ3n) is 4.07. The van der Waals surface area contributed by atoms with Gasteiger partial charge < -0.3 is 15.5 Å². The zero-order valence-electron chi connectivity index (χ0n) is 13.8. The van der Waals surface area contributed by atoms with Gasteiger partial charge in [0.2, 0.25) is 0 Å². The summed E-state index contributed by atoms with van der Waals surface area (Å²) in [6, 6.07) is 10.3. The van der Waals surface area contributed by atoms with Crippen molar-refractivity contribution in [1.29, 1.82) is 0 Å². The van der Waals surface area contributed by atoms with Crippen molar-refractivity contribution >= 4 is 17.5 Å². The maximum Gasteiger partial charge on any atom is 0.269 e. The highest BCUT2D eigenvalue weighted by Gasteiger charge is 2.29. The number of nitrogens with zero attached hydrogens (tertiary/aromatic N) is 1. The fourth-order valence-corrected chi connectivity index (χ4v) is 2.69. The maximum absolute atomic E-state index is 12.3. The Hall–Kier alpha value is -3.59. The molecule has 1 aliphatic rings. The lowest BCUT2D eigenvalue weighted by Crippen LogP contribution is -2.49. The van der Waals surface area contributed by atoms with Crippen molar-refractivity contribution in [2.45, 2.75) is 18.9 Å². The van der Waals surface area contributed by atoms with E-state index < -0.39 is 17.9 Å². The van der Waals surface area contributed by atoms with Crippen LogP contribution in [0.4, 0.5) is 0 Å². The first-order chi connectivity index (χ1) is 12.5. The predicted molar refractivity (Wildman–Crippen MR) is 95.9 cm³/mol. The van der Waals surface area contributed by atoms with Crippen LogP contribution in [0.25, 0.3) is 0 Å². The average Bonchev–Trinajstić information content (AvgIpc) is 2.62. The van der Waals surface area contributed by atoms with Crippen molar-refractivity contribution < 1.29 is 19.8 Å². The summed E-state index contributed by atoms with van der Waals surface area (Å²) < 4.78 is 0. The minimum absolute atomic E-state index is 0.0173. The van der Waals surface area contributed by atoms with Gasteiger partial charge in [0, 0.05) is 12.8 Å². The maximum atomic E-state index is 12.3. The third kappa shape index (κ3) is 3.73. The summed E-state index contributed by atoms with van der Waals surface area (Å²) in [5, 5.41) is 21.6. The van der Waals surface area contributed by atoms with Crippen molar-refractivity contribution in [3.05, 3.63) is 59.2 Å². The summed E-state index contributed by atoms with van der Waals surface area (Å²) >= 11 is 0. The van der Waals surface area contributed by atoms with Gasteiger partial charge in [-0.3, -0.25) is 9.59 Å². The van der Waals surface area contributed by atoms with Gasteiger partial charge in [-0.1, -0.05) is 24.1 Å². The normalized spacial score (nSPS) is 16.6. The van der Waals surface area contributed by atoms with Crippen LogP contribution in [0.15, 0.2) is 47.5 Å². The number of aromatic hydroxyl groups is 2. The number of phenols is 2. The molecule has 1 heterocycles. The van der Waals surface area contributed by atoms with Crippen molar-refractivity contribution in [2.75, 3.05) is 0 Å². The van der Waals surface area contributed by atoms with E-state index in [9.17, 15) is 19.8 Å². The van der Waals surface area contributed by atoms with Gasteiger partial charge in [0.05, 0.1) is 5.56 Å². The summed E-state index contributed by atoms with van der Waals surface area (Å²) in [5.74, 6) is 1.63. The van der Waals surface area contributed by atoms with Gasteiger partial charge in [0.1, 0.15) is 23.3 Å². The van der Waals surface area contributed by atoms with Gasteiger partial charge in [-0.05, 0) is 35.4 Å². The SMILES string of the molecule is C#Cc1cc(CC2=NC(=O)[C@H](Cc3ccc(O)cc3)NC2=O)ccc1O. The first kappa shape index (κ1) is 17.2. The van der Waals surface area contributed by atoms with Crippen LogP contribution in [0.5, 0.6) is 11.5 Å². The van der Waals surface area contributed by atoms with Crippen molar-refractivity contribution in [2.24, 2.45) is 4.99 Å². The highest BCUT2D eigenvalue weighted by atomic mass is 16.3. The molecule has 0 radical (unpaired) electrons.